The minimum atomic E-state index is -0.777. The molecule has 0 aliphatic carbocycles. The number of hydrogen-bond acceptors (Lipinski definition) is 6. The third-order valence-corrected chi connectivity index (χ3v) is 2.97. The van der Waals surface area contributed by atoms with Gasteiger partial charge in [-0.2, -0.15) is 0 Å². The van der Waals surface area contributed by atoms with Gasteiger partial charge in [-0.05, 0) is 38.5 Å². The molecule has 0 unspecified atom stereocenters. The number of carbonyl (C=O) groups is 2. The van der Waals surface area contributed by atoms with Crippen molar-refractivity contribution in [3.63, 3.8) is 0 Å². The second-order valence-corrected chi connectivity index (χ2v) is 6.28. The van der Waals surface area contributed by atoms with E-state index in [9.17, 15) is 19.8 Å². The van der Waals surface area contributed by atoms with Gasteiger partial charge in [-0.15, -0.1) is 4.73 Å². The Hall–Kier alpha value is -3.16. The van der Waals surface area contributed by atoms with Crippen LogP contribution in [0.3, 0.4) is 0 Å². The average molecular weight is 348 g/mol. The topological polar surface area (TPSA) is 110 Å². The van der Waals surface area contributed by atoms with Crippen molar-refractivity contribution in [2.45, 2.75) is 32.9 Å². The monoisotopic (exact) mass is 348 g/mol. The van der Waals surface area contributed by atoms with E-state index in [2.05, 4.69) is 5.32 Å². The van der Waals surface area contributed by atoms with Gasteiger partial charge in [-0.1, -0.05) is 12.1 Å². The van der Waals surface area contributed by atoms with Crippen LogP contribution in [0.5, 0.6) is 11.8 Å². The summed E-state index contributed by atoms with van der Waals surface area (Å²) >= 11 is 0. The highest BCUT2D eigenvalue weighted by Gasteiger charge is 2.17. The molecule has 1 aromatic heterocycles. The van der Waals surface area contributed by atoms with E-state index in [0.717, 1.165) is 0 Å². The maximum Gasteiger partial charge on any atom is 0.407 e. The molecule has 0 radical (unpaired) electrons. The molecule has 0 atom stereocenters. The zero-order valence-corrected chi connectivity index (χ0v) is 14.1. The summed E-state index contributed by atoms with van der Waals surface area (Å²) < 4.78 is 5.74. The molecular weight excluding hydrogens is 328 g/mol. The average Bonchev–Trinajstić information content (AvgIpc) is 2.83. The van der Waals surface area contributed by atoms with Gasteiger partial charge >= 0.3 is 12.1 Å². The van der Waals surface area contributed by atoms with Crippen molar-refractivity contribution >= 4 is 12.1 Å². The first-order chi connectivity index (χ1) is 11.7. The molecule has 8 heteroatoms. The molecular formula is C17H20N2O6. The van der Waals surface area contributed by atoms with Gasteiger partial charge in [0.1, 0.15) is 5.60 Å². The van der Waals surface area contributed by atoms with Gasteiger partial charge in [-0.25, -0.2) is 9.59 Å². The van der Waals surface area contributed by atoms with Crippen molar-refractivity contribution in [1.82, 2.24) is 10.0 Å². The van der Waals surface area contributed by atoms with Crippen LogP contribution in [-0.4, -0.2) is 32.6 Å². The first-order valence-corrected chi connectivity index (χ1v) is 7.54. The van der Waals surface area contributed by atoms with Crippen molar-refractivity contribution in [1.29, 1.82) is 0 Å². The lowest BCUT2D eigenvalue weighted by atomic mass is 10.1. The smallest absolute Gasteiger partial charge is 0.407 e. The molecule has 0 saturated heterocycles. The van der Waals surface area contributed by atoms with Gasteiger partial charge in [0.05, 0.1) is 5.56 Å². The van der Waals surface area contributed by atoms with Crippen molar-refractivity contribution in [3.8, 4) is 11.8 Å². The number of rotatable bonds is 4. The van der Waals surface area contributed by atoms with Crippen LogP contribution in [0.15, 0.2) is 36.4 Å². The summed E-state index contributed by atoms with van der Waals surface area (Å²) in [7, 11) is 0. The molecule has 0 spiro atoms. The van der Waals surface area contributed by atoms with E-state index in [-0.39, 0.29) is 12.1 Å². The fourth-order valence-corrected chi connectivity index (χ4v) is 1.93. The minimum absolute atomic E-state index is 0.163. The Morgan fingerprint density at radius 3 is 2.36 bits per heavy atom. The summed E-state index contributed by atoms with van der Waals surface area (Å²) in [6.07, 6.45) is -0.567. The van der Waals surface area contributed by atoms with E-state index in [4.69, 9.17) is 9.57 Å². The van der Waals surface area contributed by atoms with Gasteiger partial charge in [-0.3, -0.25) is 0 Å². The first kappa shape index (κ1) is 18.2. The quantitative estimate of drug-likeness (QED) is 0.781. The van der Waals surface area contributed by atoms with Crippen molar-refractivity contribution in [3.05, 3.63) is 47.5 Å². The standard InChI is InChI=1S/C17H20N2O6/c1-17(2,3)24-16(23)18-10-11-5-4-6-12(9-11)15(22)25-19-13(20)7-8-14(19)21/h4-9,20-21H,10H2,1-3H3,(H,18,23). The van der Waals surface area contributed by atoms with Crippen LogP contribution >= 0.6 is 0 Å². The summed E-state index contributed by atoms with van der Waals surface area (Å²) in [4.78, 5) is 28.7. The predicted molar refractivity (Wildman–Crippen MR) is 88.2 cm³/mol. The van der Waals surface area contributed by atoms with Crippen LogP contribution < -0.4 is 10.2 Å². The Morgan fingerprint density at radius 1 is 1.12 bits per heavy atom. The van der Waals surface area contributed by atoms with Gasteiger partial charge in [0, 0.05) is 18.7 Å². The maximum atomic E-state index is 12.1. The fourth-order valence-electron chi connectivity index (χ4n) is 1.93. The maximum absolute atomic E-state index is 12.1. The van der Waals surface area contributed by atoms with E-state index >= 15 is 0 Å². The third kappa shape index (κ3) is 5.17. The molecule has 2 aromatic rings. The Bertz CT molecular complexity index is 756. The Balaban J connectivity index is 2.01. The SMILES string of the molecule is CC(C)(C)OC(=O)NCc1cccc(C(=O)On2c(O)ccc2O)c1. The van der Waals surface area contributed by atoms with Crippen molar-refractivity contribution < 1.29 is 29.4 Å². The number of ether oxygens (including phenoxy) is 1. The van der Waals surface area contributed by atoms with Crippen LogP contribution in [0.1, 0.15) is 36.7 Å². The lowest BCUT2D eigenvalue weighted by Crippen LogP contribution is -2.32. The normalized spacial score (nSPS) is 11.0. The molecule has 1 heterocycles. The fraction of sp³-hybridized carbons (Fsp3) is 0.294. The highest BCUT2D eigenvalue weighted by Crippen LogP contribution is 2.19. The van der Waals surface area contributed by atoms with E-state index < -0.39 is 29.4 Å². The van der Waals surface area contributed by atoms with Crippen LogP contribution in [-0.2, 0) is 11.3 Å². The first-order valence-electron chi connectivity index (χ1n) is 7.54. The lowest BCUT2D eigenvalue weighted by molar-refractivity contribution is 0.0381. The summed E-state index contributed by atoms with van der Waals surface area (Å²) in [5.74, 6) is -1.59. The number of aromatic hydroxyl groups is 2. The Labute approximate surface area is 144 Å². The van der Waals surface area contributed by atoms with Gasteiger partial charge < -0.3 is 25.1 Å². The molecule has 3 N–H and O–H groups in total. The third-order valence-electron chi connectivity index (χ3n) is 2.97. The second kappa shape index (κ2) is 7.16. The number of nitrogens with one attached hydrogen (secondary N) is 1. The summed E-state index contributed by atoms with van der Waals surface area (Å²) in [5.41, 5.74) is 0.244. The molecule has 8 nitrogen and oxygen atoms in total. The van der Waals surface area contributed by atoms with Crippen LogP contribution in [0.25, 0.3) is 0 Å². The van der Waals surface area contributed by atoms with Crippen LogP contribution in [0.2, 0.25) is 0 Å². The van der Waals surface area contributed by atoms with E-state index in [0.29, 0.717) is 10.3 Å². The van der Waals surface area contributed by atoms with Crippen molar-refractivity contribution in [2.24, 2.45) is 0 Å². The van der Waals surface area contributed by atoms with E-state index in [1.54, 1.807) is 32.9 Å². The number of alkyl carbamates (subject to hydrolysis) is 1. The molecule has 0 aliphatic rings. The number of aromatic nitrogens is 1. The Morgan fingerprint density at radius 2 is 1.76 bits per heavy atom. The van der Waals surface area contributed by atoms with Gasteiger partial charge in [0.2, 0.25) is 11.8 Å². The number of nitrogens with zero attached hydrogens (tertiary/aromatic N) is 1. The number of hydrogen-bond donors (Lipinski definition) is 3. The zero-order chi connectivity index (χ0) is 18.6. The summed E-state index contributed by atoms with van der Waals surface area (Å²) in [6.45, 7) is 5.44. The molecule has 1 amide bonds. The van der Waals surface area contributed by atoms with Crippen LogP contribution in [0, 0.1) is 0 Å². The highest BCUT2D eigenvalue weighted by atomic mass is 16.7. The number of amides is 1. The molecule has 0 fully saturated rings. The van der Waals surface area contributed by atoms with Crippen LogP contribution in [0.4, 0.5) is 4.79 Å². The molecule has 134 valence electrons. The molecule has 1 aromatic carbocycles. The van der Waals surface area contributed by atoms with Crippen molar-refractivity contribution in [2.75, 3.05) is 0 Å². The number of carbonyl (C=O) groups excluding carboxylic acids is 2. The molecule has 25 heavy (non-hydrogen) atoms. The van der Waals surface area contributed by atoms with E-state index in [1.165, 1.54) is 24.3 Å². The number of benzene rings is 1. The van der Waals surface area contributed by atoms with Gasteiger partial charge in [0.25, 0.3) is 0 Å². The largest absolute Gasteiger partial charge is 0.492 e. The predicted octanol–water partition coefficient (Wildman–Crippen LogP) is 2.19. The Kier molecular flexibility index (Phi) is 5.21. The molecule has 0 aliphatic heterocycles. The second-order valence-electron chi connectivity index (χ2n) is 6.28. The van der Waals surface area contributed by atoms with Gasteiger partial charge in [0.15, 0.2) is 0 Å². The molecule has 0 bridgehead atoms. The minimum Gasteiger partial charge on any atom is -0.492 e. The summed E-state index contributed by atoms with van der Waals surface area (Å²) in [6, 6.07) is 8.75. The molecule has 0 saturated carbocycles. The van der Waals surface area contributed by atoms with E-state index in [1.807, 2.05) is 0 Å². The summed E-state index contributed by atoms with van der Waals surface area (Å²) in [5, 5.41) is 21.6. The highest BCUT2D eigenvalue weighted by molar-refractivity contribution is 5.90. The molecule has 2 rings (SSSR count). The lowest BCUT2D eigenvalue weighted by Gasteiger charge is -2.19. The zero-order valence-electron chi connectivity index (χ0n) is 14.1.